The molecule has 0 aliphatic carbocycles. The zero-order valence-corrected chi connectivity index (χ0v) is 12.6. The number of hydrogen-bond acceptors (Lipinski definition) is 3. The van der Waals surface area contributed by atoms with E-state index >= 15 is 0 Å². The molecule has 1 unspecified atom stereocenters. The Morgan fingerprint density at radius 3 is 2.53 bits per heavy atom. The Morgan fingerprint density at radius 1 is 1.32 bits per heavy atom. The SMILES string of the molecule is CCC1(C)C(=O)NC(C)(C)C(=O)N1Cc1cccs1. The summed E-state index contributed by atoms with van der Waals surface area (Å²) in [6, 6.07) is 3.95. The fourth-order valence-electron chi connectivity index (χ4n) is 2.31. The van der Waals surface area contributed by atoms with Gasteiger partial charge >= 0.3 is 0 Å². The third-order valence-corrected chi connectivity index (χ3v) is 4.73. The first-order chi connectivity index (χ1) is 8.81. The molecule has 1 aliphatic heterocycles. The highest BCUT2D eigenvalue weighted by Crippen LogP contribution is 2.31. The summed E-state index contributed by atoms with van der Waals surface area (Å²) in [6.07, 6.45) is 0.603. The molecule has 19 heavy (non-hydrogen) atoms. The van der Waals surface area contributed by atoms with E-state index in [1.807, 2.05) is 31.4 Å². The molecule has 5 heteroatoms. The van der Waals surface area contributed by atoms with Crippen molar-refractivity contribution in [3.8, 4) is 0 Å². The summed E-state index contributed by atoms with van der Waals surface area (Å²) >= 11 is 1.61. The molecule has 0 radical (unpaired) electrons. The fraction of sp³-hybridized carbons (Fsp3) is 0.571. The highest BCUT2D eigenvalue weighted by Gasteiger charge is 2.51. The zero-order valence-electron chi connectivity index (χ0n) is 11.8. The highest BCUT2D eigenvalue weighted by atomic mass is 32.1. The predicted octanol–water partition coefficient (Wildman–Crippen LogP) is 2.15. The van der Waals surface area contributed by atoms with E-state index in [1.54, 1.807) is 30.1 Å². The Bertz CT molecular complexity index is 496. The van der Waals surface area contributed by atoms with Crippen LogP contribution in [0.4, 0.5) is 0 Å². The number of nitrogens with one attached hydrogen (secondary N) is 1. The lowest BCUT2D eigenvalue weighted by atomic mass is 9.86. The van der Waals surface area contributed by atoms with Gasteiger partial charge in [0, 0.05) is 4.88 Å². The van der Waals surface area contributed by atoms with Gasteiger partial charge in [0.05, 0.1) is 6.54 Å². The summed E-state index contributed by atoms with van der Waals surface area (Å²) in [4.78, 5) is 27.8. The molecule has 1 saturated heterocycles. The summed E-state index contributed by atoms with van der Waals surface area (Å²) < 4.78 is 0. The van der Waals surface area contributed by atoms with Crippen LogP contribution in [0.3, 0.4) is 0 Å². The maximum atomic E-state index is 12.6. The quantitative estimate of drug-likeness (QED) is 0.922. The first-order valence-corrected chi connectivity index (χ1v) is 7.36. The second kappa shape index (κ2) is 4.63. The Morgan fingerprint density at radius 2 is 2.00 bits per heavy atom. The molecule has 104 valence electrons. The monoisotopic (exact) mass is 280 g/mol. The van der Waals surface area contributed by atoms with E-state index in [9.17, 15) is 9.59 Å². The van der Waals surface area contributed by atoms with Crippen molar-refractivity contribution in [2.24, 2.45) is 0 Å². The molecule has 1 fully saturated rings. The average Bonchev–Trinajstić information content (AvgIpc) is 2.85. The molecule has 2 amide bonds. The molecule has 1 aromatic heterocycles. The Labute approximate surface area is 117 Å². The molecule has 4 nitrogen and oxygen atoms in total. The summed E-state index contributed by atoms with van der Waals surface area (Å²) in [7, 11) is 0. The van der Waals surface area contributed by atoms with Gasteiger partial charge in [-0.25, -0.2) is 0 Å². The summed E-state index contributed by atoms with van der Waals surface area (Å²) in [5.41, 5.74) is -1.60. The van der Waals surface area contributed by atoms with Gasteiger partial charge < -0.3 is 10.2 Å². The van der Waals surface area contributed by atoms with Gasteiger partial charge in [-0.3, -0.25) is 9.59 Å². The summed E-state index contributed by atoms with van der Waals surface area (Å²) in [6.45, 7) is 7.78. The van der Waals surface area contributed by atoms with Crippen LogP contribution in [0.5, 0.6) is 0 Å². The van der Waals surface area contributed by atoms with Crippen LogP contribution in [-0.4, -0.2) is 27.8 Å². The minimum atomic E-state index is -0.830. The second-order valence-corrected chi connectivity index (χ2v) is 6.71. The van der Waals surface area contributed by atoms with Crippen molar-refractivity contribution in [1.82, 2.24) is 10.2 Å². The maximum absolute atomic E-state index is 12.6. The van der Waals surface area contributed by atoms with Gasteiger partial charge in [0.25, 0.3) is 0 Å². The molecule has 0 bridgehead atoms. The molecule has 2 heterocycles. The molecule has 2 rings (SSSR count). The standard InChI is InChI=1S/C14H20N2O2S/c1-5-14(4)11(17)15-13(2,3)12(18)16(14)9-10-7-6-8-19-10/h6-8H,5,9H2,1-4H3,(H,15,17). The van der Waals surface area contributed by atoms with Crippen molar-refractivity contribution in [1.29, 1.82) is 0 Å². The van der Waals surface area contributed by atoms with Gasteiger partial charge in [-0.05, 0) is 38.6 Å². The van der Waals surface area contributed by atoms with Crippen LogP contribution < -0.4 is 5.32 Å². The Balaban J connectivity index is 2.38. The second-order valence-electron chi connectivity index (χ2n) is 5.68. The topological polar surface area (TPSA) is 49.4 Å². The summed E-state index contributed by atoms with van der Waals surface area (Å²) in [5, 5.41) is 4.81. The molecule has 0 saturated carbocycles. The number of amides is 2. The van der Waals surface area contributed by atoms with Crippen molar-refractivity contribution in [3.05, 3.63) is 22.4 Å². The van der Waals surface area contributed by atoms with Gasteiger partial charge in [-0.15, -0.1) is 11.3 Å². The van der Waals surface area contributed by atoms with Crippen LogP contribution in [0, 0.1) is 0 Å². The largest absolute Gasteiger partial charge is 0.340 e. The lowest BCUT2D eigenvalue weighted by Crippen LogP contribution is -2.72. The average molecular weight is 280 g/mol. The number of thiophene rings is 1. The van der Waals surface area contributed by atoms with Crippen molar-refractivity contribution in [3.63, 3.8) is 0 Å². The number of carbonyl (C=O) groups is 2. The van der Waals surface area contributed by atoms with Gasteiger partial charge in [0.2, 0.25) is 11.8 Å². The van der Waals surface area contributed by atoms with E-state index < -0.39 is 11.1 Å². The van der Waals surface area contributed by atoms with Crippen LogP contribution in [0.1, 0.15) is 39.0 Å². The Hall–Kier alpha value is -1.36. The van der Waals surface area contributed by atoms with Crippen molar-refractivity contribution < 1.29 is 9.59 Å². The van der Waals surface area contributed by atoms with Crippen molar-refractivity contribution >= 4 is 23.2 Å². The molecule has 1 atom stereocenters. The Kier molecular flexibility index (Phi) is 3.43. The van der Waals surface area contributed by atoms with Gasteiger partial charge in [0.15, 0.2) is 0 Å². The van der Waals surface area contributed by atoms with E-state index in [2.05, 4.69) is 5.32 Å². The maximum Gasteiger partial charge on any atom is 0.248 e. The number of nitrogens with zero attached hydrogens (tertiary/aromatic N) is 1. The van der Waals surface area contributed by atoms with Crippen molar-refractivity contribution in [2.75, 3.05) is 0 Å². The van der Waals surface area contributed by atoms with Gasteiger partial charge in [0.1, 0.15) is 11.1 Å². The third kappa shape index (κ3) is 2.27. The molecule has 0 spiro atoms. The lowest BCUT2D eigenvalue weighted by Gasteiger charge is -2.48. The normalized spacial score (nSPS) is 26.4. The molecule has 0 aromatic carbocycles. The van der Waals surface area contributed by atoms with Crippen LogP contribution in [0.25, 0.3) is 0 Å². The van der Waals surface area contributed by atoms with E-state index in [4.69, 9.17) is 0 Å². The molecule has 1 aliphatic rings. The molecule has 1 aromatic rings. The van der Waals surface area contributed by atoms with Gasteiger partial charge in [-0.2, -0.15) is 0 Å². The predicted molar refractivity (Wildman–Crippen MR) is 75.8 cm³/mol. The fourth-order valence-corrected chi connectivity index (χ4v) is 3.00. The number of carbonyl (C=O) groups excluding carboxylic acids is 2. The van der Waals surface area contributed by atoms with Crippen LogP contribution in [-0.2, 0) is 16.1 Å². The van der Waals surface area contributed by atoms with Crippen LogP contribution >= 0.6 is 11.3 Å². The minimum Gasteiger partial charge on any atom is -0.340 e. The first-order valence-electron chi connectivity index (χ1n) is 6.48. The number of rotatable bonds is 3. The van der Waals surface area contributed by atoms with Crippen molar-refractivity contribution in [2.45, 2.75) is 51.7 Å². The van der Waals surface area contributed by atoms with E-state index in [0.29, 0.717) is 13.0 Å². The van der Waals surface area contributed by atoms with Crippen LogP contribution in [0.15, 0.2) is 17.5 Å². The lowest BCUT2D eigenvalue weighted by molar-refractivity contribution is -0.161. The third-order valence-electron chi connectivity index (χ3n) is 3.87. The highest BCUT2D eigenvalue weighted by molar-refractivity contribution is 7.09. The molecular formula is C14H20N2O2S. The number of piperazine rings is 1. The molecular weight excluding hydrogens is 260 g/mol. The van der Waals surface area contributed by atoms with Crippen LogP contribution in [0.2, 0.25) is 0 Å². The van der Waals surface area contributed by atoms with E-state index in [0.717, 1.165) is 4.88 Å². The van der Waals surface area contributed by atoms with E-state index in [-0.39, 0.29) is 11.8 Å². The van der Waals surface area contributed by atoms with Gasteiger partial charge in [-0.1, -0.05) is 13.0 Å². The van der Waals surface area contributed by atoms with E-state index in [1.165, 1.54) is 0 Å². The summed E-state index contributed by atoms with van der Waals surface area (Å²) in [5.74, 6) is -0.0963. The zero-order chi connectivity index (χ0) is 14.3. The minimum absolute atomic E-state index is 0.0233. The molecule has 1 N–H and O–H groups in total. The number of hydrogen-bond donors (Lipinski definition) is 1. The first kappa shape index (κ1) is 14.1. The smallest absolute Gasteiger partial charge is 0.248 e.